The standard InChI is InChI=1S/C12H14N2O5/c1-8-7-13(4-5-19-8)11-6-9(12(15)16)2-3-10(11)14(17)18/h2-3,6,8H,4-5,7H2,1H3,(H,15,16). The lowest BCUT2D eigenvalue weighted by molar-refractivity contribution is -0.384. The first-order valence-electron chi connectivity index (χ1n) is 5.87. The van der Waals surface area contributed by atoms with Crippen LogP contribution in [0.25, 0.3) is 0 Å². The Morgan fingerprint density at radius 1 is 1.58 bits per heavy atom. The van der Waals surface area contributed by atoms with Gasteiger partial charge in [-0.1, -0.05) is 0 Å². The summed E-state index contributed by atoms with van der Waals surface area (Å²) < 4.78 is 5.38. The van der Waals surface area contributed by atoms with Gasteiger partial charge in [-0.2, -0.15) is 0 Å². The van der Waals surface area contributed by atoms with Gasteiger partial charge in [-0.05, 0) is 19.1 Å². The zero-order valence-electron chi connectivity index (χ0n) is 10.4. The molecule has 19 heavy (non-hydrogen) atoms. The Hall–Kier alpha value is -2.15. The highest BCUT2D eigenvalue weighted by atomic mass is 16.6. The van der Waals surface area contributed by atoms with Crippen LogP contribution in [0.15, 0.2) is 18.2 Å². The van der Waals surface area contributed by atoms with Crippen LogP contribution in [0.4, 0.5) is 11.4 Å². The van der Waals surface area contributed by atoms with E-state index in [4.69, 9.17) is 9.84 Å². The van der Waals surface area contributed by atoms with Crippen molar-refractivity contribution in [2.24, 2.45) is 0 Å². The second-order valence-corrected chi connectivity index (χ2v) is 4.39. The number of nitro benzene ring substituents is 1. The molecule has 0 amide bonds. The van der Waals surface area contributed by atoms with E-state index in [1.54, 1.807) is 4.90 Å². The fraction of sp³-hybridized carbons (Fsp3) is 0.417. The minimum atomic E-state index is -1.10. The topological polar surface area (TPSA) is 92.9 Å². The highest BCUT2D eigenvalue weighted by molar-refractivity contribution is 5.90. The Labute approximate surface area is 109 Å². The summed E-state index contributed by atoms with van der Waals surface area (Å²) in [7, 11) is 0. The molecule has 0 aliphatic carbocycles. The van der Waals surface area contributed by atoms with Crippen molar-refractivity contribution in [1.82, 2.24) is 0 Å². The third-order valence-electron chi connectivity index (χ3n) is 3.00. The number of aromatic carboxylic acids is 1. The number of carboxylic acid groups (broad SMARTS) is 1. The number of hydrogen-bond acceptors (Lipinski definition) is 5. The van der Waals surface area contributed by atoms with Gasteiger partial charge in [0.25, 0.3) is 5.69 Å². The average Bonchev–Trinajstić information content (AvgIpc) is 2.37. The summed E-state index contributed by atoms with van der Waals surface area (Å²) in [5.74, 6) is -1.10. The maximum atomic E-state index is 11.0. The Bertz CT molecular complexity index is 517. The second kappa shape index (κ2) is 5.23. The van der Waals surface area contributed by atoms with Crippen molar-refractivity contribution in [3.05, 3.63) is 33.9 Å². The molecule has 7 heteroatoms. The Kier molecular flexibility index (Phi) is 3.66. The summed E-state index contributed by atoms with van der Waals surface area (Å²) in [6.45, 7) is 3.35. The van der Waals surface area contributed by atoms with E-state index in [0.29, 0.717) is 25.4 Å². The first-order chi connectivity index (χ1) is 8.99. The van der Waals surface area contributed by atoms with Crippen LogP contribution >= 0.6 is 0 Å². The van der Waals surface area contributed by atoms with Gasteiger partial charge in [-0.25, -0.2) is 4.79 Å². The summed E-state index contributed by atoms with van der Waals surface area (Å²) in [6, 6.07) is 3.82. The predicted octanol–water partition coefficient (Wildman–Crippen LogP) is 1.52. The smallest absolute Gasteiger partial charge is 0.335 e. The van der Waals surface area contributed by atoms with E-state index in [1.165, 1.54) is 18.2 Å². The molecule has 1 unspecified atom stereocenters. The number of nitro groups is 1. The number of rotatable bonds is 3. The number of morpholine rings is 1. The van der Waals surface area contributed by atoms with Crippen LogP contribution in [0, 0.1) is 10.1 Å². The molecule has 0 bridgehead atoms. The van der Waals surface area contributed by atoms with Gasteiger partial charge in [-0.3, -0.25) is 10.1 Å². The quantitative estimate of drug-likeness (QED) is 0.658. The highest BCUT2D eigenvalue weighted by Gasteiger charge is 2.25. The van der Waals surface area contributed by atoms with E-state index < -0.39 is 10.9 Å². The summed E-state index contributed by atoms with van der Waals surface area (Å²) >= 11 is 0. The van der Waals surface area contributed by atoms with Gasteiger partial charge in [0.2, 0.25) is 0 Å². The van der Waals surface area contributed by atoms with Gasteiger partial charge in [0.05, 0.1) is 23.2 Å². The van der Waals surface area contributed by atoms with Crippen LogP contribution in [0.3, 0.4) is 0 Å². The molecule has 0 aromatic heterocycles. The van der Waals surface area contributed by atoms with E-state index in [-0.39, 0.29) is 17.4 Å². The second-order valence-electron chi connectivity index (χ2n) is 4.39. The average molecular weight is 266 g/mol. The lowest BCUT2D eigenvalue weighted by Crippen LogP contribution is -2.41. The number of nitrogens with zero attached hydrogens (tertiary/aromatic N) is 2. The van der Waals surface area contributed by atoms with E-state index in [9.17, 15) is 14.9 Å². The summed E-state index contributed by atoms with van der Waals surface area (Å²) in [5, 5.41) is 20.0. The molecule has 1 aromatic rings. The zero-order chi connectivity index (χ0) is 14.0. The van der Waals surface area contributed by atoms with Crippen molar-refractivity contribution in [3.8, 4) is 0 Å². The van der Waals surface area contributed by atoms with E-state index >= 15 is 0 Å². The van der Waals surface area contributed by atoms with Gasteiger partial charge in [0, 0.05) is 19.2 Å². The van der Waals surface area contributed by atoms with E-state index in [0.717, 1.165) is 0 Å². The van der Waals surface area contributed by atoms with E-state index in [2.05, 4.69) is 0 Å². The molecule has 7 nitrogen and oxygen atoms in total. The van der Waals surface area contributed by atoms with Gasteiger partial charge in [0.15, 0.2) is 0 Å². The molecule has 1 N–H and O–H groups in total. The summed E-state index contributed by atoms with van der Waals surface area (Å²) in [6.07, 6.45) is -0.0400. The molecule has 0 spiro atoms. The molecule has 1 heterocycles. The van der Waals surface area contributed by atoms with Crippen LogP contribution in [0.2, 0.25) is 0 Å². The van der Waals surface area contributed by atoms with Crippen LogP contribution in [0.5, 0.6) is 0 Å². The normalized spacial score (nSPS) is 19.2. The number of anilines is 1. The van der Waals surface area contributed by atoms with E-state index in [1.807, 2.05) is 6.92 Å². The first-order valence-corrected chi connectivity index (χ1v) is 5.87. The molecule has 0 radical (unpaired) electrons. The van der Waals surface area contributed by atoms with Crippen molar-refractivity contribution < 1.29 is 19.6 Å². The lowest BCUT2D eigenvalue weighted by atomic mass is 10.1. The highest BCUT2D eigenvalue weighted by Crippen LogP contribution is 2.30. The Morgan fingerprint density at radius 3 is 2.89 bits per heavy atom. The molecular weight excluding hydrogens is 252 g/mol. The lowest BCUT2D eigenvalue weighted by Gasteiger charge is -2.32. The fourth-order valence-electron chi connectivity index (χ4n) is 2.10. The zero-order valence-corrected chi connectivity index (χ0v) is 10.4. The molecule has 1 aliphatic rings. The van der Waals surface area contributed by atoms with Crippen LogP contribution in [-0.2, 0) is 4.74 Å². The molecular formula is C12H14N2O5. The maximum Gasteiger partial charge on any atom is 0.335 e. The van der Waals surface area contributed by atoms with Crippen molar-refractivity contribution in [2.45, 2.75) is 13.0 Å². The molecule has 102 valence electrons. The van der Waals surface area contributed by atoms with Gasteiger partial charge >= 0.3 is 5.97 Å². The minimum Gasteiger partial charge on any atom is -0.478 e. The number of carbonyl (C=O) groups is 1. The number of benzene rings is 1. The van der Waals surface area contributed by atoms with Gasteiger partial charge < -0.3 is 14.7 Å². The maximum absolute atomic E-state index is 11.0. The largest absolute Gasteiger partial charge is 0.478 e. The number of ether oxygens (including phenoxy) is 1. The van der Waals surface area contributed by atoms with Gasteiger partial charge in [0.1, 0.15) is 5.69 Å². The molecule has 1 aliphatic heterocycles. The third kappa shape index (κ3) is 2.82. The molecule has 1 saturated heterocycles. The van der Waals surface area contributed by atoms with Crippen LogP contribution in [0.1, 0.15) is 17.3 Å². The van der Waals surface area contributed by atoms with Crippen LogP contribution in [-0.4, -0.2) is 41.8 Å². The molecule has 0 saturated carbocycles. The monoisotopic (exact) mass is 266 g/mol. The SMILES string of the molecule is CC1CN(c2cc(C(=O)O)ccc2[N+](=O)[O-])CCO1. The minimum absolute atomic E-state index is 0.0400. The predicted molar refractivity (Wildman–Crippen MR) is 67.7 cm³/mol. The molecule has 1 atom stereocenters. The number of hydrogen-bond donors (Lipinski definition) is 1. The Balaban J connectivity index is 2.42. The molecule has 1 fully saturated rings. The van der Waals surface area contributed by atoms with Crippen molar-refractivity contribution in [3.63, 3.8) is 0 Å². The summed E-state index contributed by atoms with van der Waals surface area (Å²) in [5.41, 5.74) is 0.291. The third-order valence-corrected chi connectivity index (χ3v) is 3.00. The van der Waals surface area contributed by atoms with Crippen molar-refractivity contribution >= 4 is 17.3 Å². The Morgan fingerprint density at radius 2 is 2.32 bits per heavy atom. The first kappa shape index (κ1) is 13.3. The molecule has 2 rings (SSSR count). The van der Waals surface area contributed by atoms with Crippen molar-refractivity contribution in [2.75, 3.05) is 24.6 Å². The number of carboxylic acids is 1. The fourth-order valence-corrected chi connectivity index (χ4v) is 2.10. The molecule has 1 aromatic carbocycles. The van der Waals surface area contributed by atoms with Crippen LogP contribution < -0.4 is 4.90 Å². The van der Waals surface area contributed by atoms with Gasteiger partial charge in [-0.15, -0.1) is 0 Å². The summed E-state index contributed by atoms with van der Waals surface area (Å²) in [4.78, 5) is 23.3. The van der Waals surface area contributed by atoms with Crippen molar-refractivity contribution in [1.29, 1.82) is 0 Å².